The van der Waals surface area contributed by atoms with Crippen molar-refractivity contribution in [2.45, 2.75) is 84.1 Å². The molecule has 5 N–H and O–H groups in total. The van der Waals surface area contributed by atoms with E-state index in [1.807, 2.05) is 24.3 Å². The van der Waals surface area contributed by atoms with Crippen LogP contribution in [-0.4, -0.2) is 121 Å². The van der Waals surface area contributed by atoms with Gasteiger partial charge < -0.3 is 54.1 Å². The number of pyridine rings is 1. The number of aromatic nitrogens is 2. The smallest absolute Gasteiger partial charge is 0.850 e. The predicted molar refractivity (Wildman–Crippen MR) is 172 cm³/mol. The molecular weight excluding hydrogens is 653 g/mol. The number of carboxylic acids is 2. The largest absolute Gasteiger partial charge is 1.00 e. The van der Waals surface area contributed by atoms with Crippen molar-refractivity contribution in [3.8, 4) is 22.8 Å². The van der Waals surface area contributed by atoms with Gasteiger partial charge in [0, 0.05) is 31.1 Å². The summed E-state index contributed by atoms with van der Waals surface area (Å²) in [5.41, 5.74) is 2.34. The van der Waals surface area contributed by atoms with Crippen molar-refractivity contribution in [2.24, 2.45) is 0 Å². The Hall–Kier alpha value is -2.09. The number of aliphatic hydroxyl groups is 1. The number of aliphatic hydroxyl groups excluding tert-OH is 1. The molecule has 18 heteroatoms. The summed E-state index contributed by atoms with van der Waals surface area (Å²) in [6, 6.07) is 7.68. The normalized spacial score (nSPS) is 20.9. The Morgan fingerprint density at radius 3 is 2.08 bits per heavy atom. The first-order valence-corrected chi connectivity index (χ1v) is 15.2. The van der Waals surface area contributed by atoms with E-state index in [0.717, 1.165) is 5.56 Å². The minimum Gasteiger partial charge on any atom is -0.850 e. The average molecular weight is 696 g/mol. The van der Waals surface area contributed by atoms with Crippen LogP contribution in [0.25, 0.3) is 22.4 Å². The second-order valence-electron chi connectivity index (χ2n) is 12.5. The molecule has 5 rings (SSSR count). The van der Waals surface area contributed by atoms with E-state index in [-0.39, 0.29) is 77.3 Å². The minimum absolute atomic E-state index is 0. The van der Waals surface area contributed by atoms with Crippen molar-refractivity contribution in [1.82, 2.24) is 19.8 Å². The zero-order valence-corrected chi connectivity index (χ0v) is 31.8. The summed E-state index contributed by atoms with van der Waals surface area (Å²) in [6.07, 6.45) is -0.637. The van der Waals surface area contributed by atoms with Crippen molar-refractivity contribution in [3.05, 3.63) is 36.0 Å². The number of rotatable bonds is 8. The Kier molecular flexibility index (Phi) is 16.0. The molecule has 15 nitrogen and oxygen atoms in total. The maximum absolute atomic E-state index is 11.6. The summed E-state index contributed by atoms with van der Waals surface area (Å²) in [4.78, 5) is 29.7. The topological polar surface area (TPSA) is 222 Å². The number of aryl methyl sites for hydroxylation is 1. The fourth-order valence-corrected chi connectivity index (χ4v) is 5.25. The second kappa shape index (κ2) is 18.2. The van der Waals surface area contributed by atoms with Crippen molar-refractivity contribution in [1.29, 1.82) is 0 Å². The summed E-state index contributed by atoms with van der Waals surface area (Å²) in [5, 5.41) is 60.5. The van der Waals surface area contributed by atoms with Gasteiger partial charge in [-0.05, 0) is 39.1 Å². The van der Waals surface area contributed by atoms with Crippen LogP contribution in [-0.2, 0) is 9.59 Å². The summed E-state index contributed by atoms with van der Waals surface area (Å²) in [5.74, 6) is -0.853. The van der Waals surface area contributed by atoms with Crippen LogP contribution in [0.15, 0.2) is 34.9 Å². The summed E-state index contributed by atoms with van der Waals surface area (Å²) in [6.45, 7) is 10.2. The van der Waals surface area contributed by atoms with Gasteiger partial charge in [0.1, 0.15) is 35.1 Å². The van der Waals surface area contributed by atoms with E-state index < -0.39 is 55.9 Å². The van der Waals surface area contributed by atoms with Gasteiger partial charge in [-0.15, -0.1) is 5.60 Å². The molecule has 0 saturated carbocycles. The van der Waals surface area contributed by atoms with Gasteiger partial charge in [0.05, 0.1) is 18.9 Å². The van der Waals surface area contributed by atoms with E-state index in [1.165, 1.54) is 16.4 Å². The van der Waals surface area contributed by atoms with Crippen LogP contribution in [0, 0.1) is 6.92 Å². The molecule has 0 bridgehead atoms. The first kappa shape index (κ1) is 42.1. The molecule has 0 amide bonds. The summed E-state index contributed by atoms with van der Waals surface area (Å²) >= 11 is 0. The van der Waals surface area contributed by atoms with Crippen molar-refractivity contribution in [2.75, 3.05) is 20.2 Å². The Morgan fingerprint density at radius 1 is 1.02 bits per heavy atom. The van der Waals surface area contributed by atoms with Gasteiger partial charge in [0.2, 0.25) is 5.58 Å². The number of hydrogen-bond acceptors (Lipinski definition) is 13. The molecule has 0 radical (unpaired) electrons. The third-order valence-electron chi connectivity index (χ3n) is 7.36. The van der Waals surface area contributed by atoms with E-state index in [9.17, 15) is 24.8 Å². The fraction of sp³-hybridized carbons (Fsp3) is 0.533. The van der Waals surface area contributed by atoms with E-state index in [4.69, 9.17) is 29.2 Å². The van der Waals surface area contributed by atoms with Gasteiger partial charge in [0.15, 0.2) is 5.75 Å². The molecule has 4 atom stereocenters. The van der Waals surface area contributed by atoms with Crippen LogP contribution < -0.4 is 66.0 Å². The molecule has 2 fully saturated rings. The predicted octanol–water partition coefficient (Wildman–Crippen LogP) is -2.01. The van der Waals surface area contributed by atoms with Gasteiger partial charge >= 0.3 is 77.4 Å². The molecule has 2 saturated heterocycles. The van der Waals surface area contributed by atoms with Gasteiger partial charge in [-0.2, -0.15) is 0 Å². The Labute approximate surface area is 322 Å². The number of aliphatic carboxylic acids is 2. The molecule has 256 valence electrons. The number of nitrogens with zero attached hydrogens (tertiary/aromatic N) is 4. The number of carbonyl (C=O) groups is 2. The average Bonchev–Trinajstić information content (AvgIpc) is 3.70. The standard InChI is InChI=1S/C20H22BN3O6.C6H12BNO4.C4H9O.K/c1-11-18-19(30-23-11)17(9-15(22-18)12-5-4-6-13(7-12)28-3)29-14-8-16(20(25)26)24(10-14)21(2)27;1-7(12)8-3-4(9)2-5(8)6(10)11;1-4(2,3)5;/h4-7,9,14,16,27H,8,10H2,1-3H3,(H,25,26);4-5,9,12H,2-3H2,1H3,(H,10,11);1-3H3;/q;;-1;+1/t14-,16+;4-,5+;;/m11../s1. The van der Waals surface area contributed by atoms with E-state index in [0.29, 0.717) is 34.0 Å². The molecule has 3 aromatic rings. The van der Waals surface area contributed by atoms with E-state index >= 15 is 0 Å². The molecular formula is C30H43B2KN4O11. The minimum atomic E-state index is -0.993. The molecule has 0 unspecified atom stereocenters. The van der Waals surface area contributed by atoms with Gasteiger partial charge in [-0.3, -0.25) is 9.59 Å². The van der Waals surface area contributed by atoms with Crippen LogP contribution in [0.5, 0.6) is 11.5 Å². The molecule has 1 aromatic carbocycles. The SMILES string of the molecule is CB(O)N1C[C@H](O)C[C@H]1C(=O)O.CC(C)(C)[O-].COc1cccc(-c2cc(O[C@@H]3C[C@@H](C(=O)O)N(B(C)O)C3)c3onc(C)c3n2)c1.[K+]. The van der Waals surface area contributed by atoms with E-state index in [1.54, 1.807) is 47.7 Å². The molecule has 2 aliphatic rings. The first-order valence-electron chi connectivity index (χ1n) is 15.2. The molecule has 4 heterocycles. The van der Waals surface area contributed by atoms with Crippen LogP contribution in [0.2, 0.25) is 13.6 Å². The Morgan fingerprint density at radius 2 is 1.58 bits per heavy atom. The maximum Gasteiger partial charge on any atom is 1.00 e. The first-order chi connectivity index (χ1) is 21.9. The maximum atomic E-state index is 11.6. The molecule has 0 aliphatic carbocycles. The number of hydrogen-bond donors (Lipinski definition) is 5. The molecule has 48 heavy (non-hydrogen) atoms. The molecule has 2 aromatic heterocycles. The monoisotopic (exact) mass is 696 g/mol. The zero-order chi connectivity index (χ0) is 35.2. The number of carboxylic acid groups (broad SMARTS) is 2. The summed E-state index contributed by atoms with van der Waals surface area (Å²) in [7, 11) is -0.110. The quantitative estimate of drug-likeness (QED) is 0.161. The number of methoxy groups -OCH3 is 1. The number of fused-ring (bicyclic) bond motifs is 1. The van der Waals surface area contributed by atoms with Crippen molar-refractivity contribution < 1.29 is 105 Å². The van der Waals surface area contributed by atoms with Gasteiger partial charge in [-0.25, -0.2) is 4.98 Å². The third kappa shape index (κ3) is 11.8. The molecule has 2 aliphatic heterocycles. The number of benzene rings is 1. The third-order valence-corrected chi connectivity index (χ3v) is 7.36. The zero-order valence-electron chi connectivity index (χ0n) is 28.7. The van der Waals surface area contributed by atoms with Crippen molar-refractivity contribution in [3.63, 3.8) is 0 Å². The molecule has 0 spiro atoms. The Bertz CT molecular complexity index is 1520. The number of ether oxygens (including phenoxy) is 2. The van der Waals surface area contributed by atoms with Crippen molar-refractivity contribution >= 4 is 37.1 Å². The van der Waals surface area contributed by atoms with Crippen LogP contribution >= 0.6 is 0 Å². The second-order valence-corrected chi connectivity index (χ2v) is 12.5. The van der Waals surface area contributed by atoms with E-state index in [2.05, 4.69) is 10.1 Å². The van der Waals surface area contributed by atoms with Gasteiger partial charge in [-0.1, -0.05) is 38.1 Å². The Balaban J connectivity index is 0.000000369. The van der Waals surface area contributed by atoms with Crippen LogP contribution in [0.4, 0.5) is 0 Å². The fourth-order valence-electron chi connectivity index (χ4n) is 5.25. The summed E-state index contributed by atoms with van der Waals surface area (Å²) < 4.78 is 16.9. The van der Waals surface area contributed by atoms with Crippen LogP contribution in [0.1, 0.15) is 39.3 Å². The number of β-amino-alcohol motifs (C(OH)–C–C–N with tert-alkyl or cyclic N) is 1. The van der Waals surface area contributed by atoms with Gasteiger partial charge in [0.25, 0.3) is 0 Å². The van der Waals surface area contributed by atoms with Crippen LogP contribution in [0.3, 0.4) is 0 Å².